The zero-order valence-electron chi connectivity index (χ0n) is 24.7. The fourth-order valence-electron chi connectivity index (χ4n) is 5.51. The number of hydrogen-bond acceptors (Lipinski definition) is 3. The molecular formula is C32H61NO4. The van der Waals surface area contributed by atoms with Gasteiger partial charge in [0, 0.05) is 0 Å². The van der Waals surface area contributed by atoms with E-state index in [1.54, 1.807) is 19.9 Å². The third-order valence-electron chi connectivity index (χ3n) is 7.93. The molecule has 0 spiro atoms. The number of unbranched alkanes of at least 4 members (excludes halogenated alkanes) is 21. The van der Waals surface area contributed by atoms with Gasteiger partial charge in [0.1, 0.15) is 5.72 Å². The lowest BCUT2D eigenvalue weighted by atomic mass is 10.0. The molecule has 1 amide bonds. The summed E-state index contributed by atoms with van der Waals surface area (Å²) >= 11 is 0. The van der Waals surface area contributed by atoms with Gasteiger partial charge in [-0.15, -0.1) is 0 Å². The molecule has 5 heteroatoms. The van der Waals surface area contributed by atoms with Crippen molar-refractivity contribution in [3.05, 3.63) is 12.2 Å². The van der Waals surface area contributed by atoms with Crippen molar-refractivity contribution in [2.24, 2.45) is 0 Å². The van der Waals surface area contributed by atoms with Crippen LogP contribution >= 0.6 is 0 Å². The summed E-state index contributed by atoms with van der Waals surface area (Å²) in [5.74, 6) is 0. The van der Waals surface area contributed by atoms with Crippen LogP contribution in [-0.4, -0.2) is 45.7 Å². The molecule has 1 aliphatic heterocycles. The van der Waals surface area contributed by atoms with Gasteiger partial charge in [0.2, 0.25) is 0 Å². The Labute approximate surface area is 229 Å². The molecule has 1 heterocycles. The van der Waals surface area contributed by atoms with E-state index in [0.29, 0.717) is 0 Å². The van der Waals surface area contributed by atoms with E-state index in [-0.39, 0.29) is 6.61 Å². The molecule has 1 saturated heterocycles. The molecule has 0 aromatic heterocycles. The van der Waals surface area contributed by atoms with Crippen molar-refractivity contribution in [2.75, 3.05) is 6.61 Å². The summed E-state index contributed by atoms with van der Waals surface area (Å²) in [6.07, 6.45) is 31.9. The third-order valence-corrected chi connectivity index (χ3v) is 7.93. The lowest BCUT2D eigenvalue weighted by molar-refractivity contribution is -0.0450. The van der Waals surface area contributed by atoms with Crippen LogP contribution in [0.1, 0.15) is 162 Å². The highest BCUT2D eigenvalue weighted by Crippen LogP contribution is 2.29. The minimum absolute atomic E-state index is 0.226. The largest absolute Gasteiger partial charge is 0.465 e. The van der Waals surface area contributed by atoms with Gasteiger partial charge in [-0.3, -0.25) is 4.90 Å². The summed E-state index contributed by atoms with van der Waals surface area (Å²) in [6, 6.07) is -0.538. The monoisotopic (exact) mass is 523 g/mol. The molecule has 0 aromatic rings. The van der Waals surface area contributed by atoms with Gasteiger partial charge in [-0.2, -0.15) is 0 Å². The van der Waals surface area contributed by atoms with E-state index in [4.69, 9.17) is 4.74 Å². The molecule has 1 rings (SSSR count). The summed E-state index contributed by atoms with van der Waals surface area (Å²) in [4.78, 5) is 12.7. The van der Waals surface area contributed by atoms with Crippen LogP contribution in [0, 0.1) is 0 Å². The van der Waals surface area contributed by atoms with Crippen LogP contribution in [0.4, 0.5) is 4.79 Å². The number of nitrogens with zero attached hydrogens (tertiary/aromatic N) is 1. The van der Waals surface area contributed by atoms with Gasteiger partial charge in [-0.25, -0.2) is 4.79 Å². The fraction of sp³-hybridized carbons (Fsp3) is 0.906. The van der Waals surface area contributed by atoms with Crippen LogP contribution in [0.2, 0.25) is 0 Å². The molecule has 0 unspecified atom stereocenters. The van der Waals surface area contributed by atoms with Crippen LogP contribution in [0.25, 0.3) is 0 Å². The van der Waals surface area contributed by atoms with E-state index in [1.165, 1.54) is 133 Å². The first-order valence-electron chi connectivity index (χ1n) is 15.9. The van der Waals surface area contributed by atoms with Crippen molar-refractivity contribution >= 4 is 6.09 Å². The first-order chi connectivity index (χ1) is 17.9. The zero-order valence-corrected chi connectivity index (χ0v) is 24.7. The number of rotatable bonds is 24. The summed E-state index contributed by atoms with van der Waals surface area (Å²) in [5.41, 5.74) is -0.891. The van der Waals surface area contributed by atoms with E-state index in [9.17, 15) is 15.0 Å². The van der Waals surface area contributed by atoms with Crippen LogP contribution in [0.15, 0.2) is 12.2 Å². The Kier molecular flexibility index (Phi) is 20.0. The average molecular weight is 524 g/mol. The van der Waals surface area contributed by atoms with Crippen LogP contribution in [0.3, 0.4) is 0 Å². The van der Waals surface area contributed by atoms with Crippen molar-refractivity contribution < 1.29 is 19.7 Å². The van der Waals surface area contributed by atoms with Gasteiger partial charge in [-0.1, -0.05) is 147 Å². The van der Waals surface area contributed by atoms with E-state index < -0.39 is 24.0 Å². The Morgan fingerprint density at radius 2 is 1.16 bits per heavy atom. The van der Waals surface area contributed by atoms with E-state index >= 15 is 0 Å². The highest BCUT2D eigenvalue weighted by atomic mass is 16.5. The van der Waals surface area contributed by atoms with Crippen molar-refractivity contribution in [3.63, 3.8) is 0 Å². The molecule has 0 radical (unpaired) electrons. The predicted molar refractivity (Wildman–Crippen MR) is 156 cm³/mol. The fourth-order valence-corrected chi connectivity index (χ4v) is 5.51. The third kappa shape index (κ3) is 16.5. The SMILES string of the molecule is CCCCCCCCCCCCCCCCCCCCCCC/C=C/[C@@H](O)[C@@H]1COC(C)(C)N1C(=O)O. The molecule has 0 aliphatic carbocycles. The standard InChI is InChI=1S/C32H61NO4/c1-4-5-6-7-8-9-10-11-12-13-14-15-16-17-18-19-20-21-22-23-24-25-26-27-30(34)29-28-37-32(2,3)33(29)31(35)36/h26-27,29-30,34H,4-25,28H2,1-3H3,(H,35,36)/b27-26+/t29-,30+/m0/s1. The average Bonchev–Trinajstić information content (AvgIpc) is 3.19. The second-order valence-electron chi connectivity index (χ2n) is 11.8. The number of carboxylic acid groups (broad SMARTS) is 1. The molecule has 2 atom stereocenters. The Bertz CT molecular complexity index is 577. The highest BCUT2D eigenvalue weighted by Gasteiger charge is 2.46. The first-order valence-corrected chi connectivity index (χ1v) is 15.9. The number of amides is 1. The number of ether oxygens (including phenoxy) is 1. The Balaban J connectivity index is 1.83. The number of hydrogen-bond donors (Lipinski definition) is 2. The first kappa shape index (κ1) is 34.0. The molecule has 1 aliphatic rings. The minimum atomic E-state index is -1.05. The molecule has 2 N–H and O–H groups in total. The molecule has 0 saturated carbocycles. The van der Waals surface area contributed by atoms with E-state index in [0.717, 1.165) is 12.8 Å². The van der Waals surface area contributed by atoms with Crippen molar-refractivity contribution in [2.45, 2.75) is 180 Å². The number of aliphatic hydroxyl groups is 1. The number of aliphatic hydroxyl groups excluding tert-OH is 1. The van der Waals surface area contributed by atoms with Crippen molar-refractivity contribution in [1.29, 1.82) is 0 Å². The predicted octanol–water partition coefficient (Wildman–Crippen LogP) is 9.62. The van der Waals surface area contributed by atoms with Crippen LogP contribution < -0.4 is 0 Å². The van der Waals surface area contributed by atoms with Crippen molar-refractivity contribution in [3.8, 4) is 0 Å². The molecule has 218 valence electrons. The Morgan fingerprint density at radius 3 is 1.54 bits per heavy atom. The van der Waals surface area contributed by atoms with Gasteiger partial charge in [0.25, 0.3) is 0 Å². The summed E-state index contributed by atoms with van der Waals surface area (Å²) in [5, 5.41) is 19.8. The molecule has 37 heavy (non-hydrogen) atoms. The summed E-state index contributed by atoms with van der Waals surface area (Å²) < 4.78 is 5.55. The molecular weight excluding hydrogens is 462 g/mol. The molecule has 0 aromatic carbocycles. The van der Waals surface area contributed by atoms with Gasteiger partial charge in [-0.05, 0) is 26.7 Å². The lowest BCUT2D eigenvalue weighted by Gasteiger charge is -2.32. The van der Waals surface area contributed by atoms with Crippen LogP contribution in [0.5, 0.6) is 0 Å². The molecule has 0 bridgehead atoms. The quantitative estimate of drug-likeness (QED) is 0.0975. The maximum atomic E-state index is 11.5. The second kappa shape index (κ2) is 21.8. The second-order valence-corrected chi connectivity index (χ2v) is 11.8. The number of carbonyl (C=O) groups is 1. The molecule has 1 fully saturated rings. The number of allylic oxidation sites excluding steroid dienone is 1. The lowest BCUT2D eigenvalue weighted by Crippen LogP contribution is -2.50. The summed E-state index contributed by atoms with van der Waals surface area (Å²) in [6.45, 7) is 5.95. The Morgan fingerprint density at radius 1 is 0.784 bits per heavy atom. The van der Waals surface area contributed by atoms with Gasteiger partial charge in [0.15, 0.2) is 0 Å². The van der Waals surface area contributed by atoms with Gasteiger partial charge < -0.3 is 14.9 Å². The van der Waals surface area contributed by atoms with Gasteiger partial charge >= 0.3 is 6.09 Å². The van der Waals surface area contributed by atoms with E-state index in [1.807, 2.05) is 6.08 Å². The maximum absolute atomic E-state index is 11.5. The topological polar surface area (TPSA) is 70.0 Å². The summed E-state index contributed by atoms with van der Waals surface area (Å²) in [7, 11) is 0. The van der Waals surface area contributed by atoms with Gasteiger partial charge in [0.05, 0.1) is 18.8 Å². The smallest absolute Gasteiger partial charge is 0.410 e. The molecule has 5 nitrogen and oxygen atoms in total. The normalized spacial score (nSPS) is 18.2. The minimum Gasteiger partial charge on any atom is -0.465 e. The zero-order chi connectivity index (χ0) is 27.2. The Hall–Kier alpha value is -1.07. The van der Waals surface area contributed by atoms with Crippen LogP contribution in [-0.2, 0) is 4.74 Å². The highest BCUT2D eigenvalue weighted by molar-refractivity contribution is 5.67. The van der Waals surface area contributed by atoms with E-state index in [2.05, 4.69) is 6.92 Å². The maximum Gasteiger partial charge on any atom is 0.410 e. The van der Waals surface area contributed by atoms with Crippen molar-refractivity contribution in [1.82, 2.24) is 4.90 Å².